The van der Waals surface area contributed by atoms with E-state index in [-0.39, 0.29) is 18.3 Å². The highest BCUT2D eigenvalue weighted by Crippen LogP contribution is 2.29. The fraction of sp³-hybridized carbons (Fsp3) is 0.571. The molecule has 0 spiro atoms. The first-order valence-electron chi connectivity index (χ1n) is 10.3. The Kier molecular flexibility index (Phi) is 7.14. The fourth-order valence-corrected chi connectivity index (χ4v) is 3.92. The second kappa shape index (κ2) is 9.59. The SMILES string of the molecule is CC(C)COc1cccc(C(=O)N2CCC(c3nnc4n3CCNC4)CC2)c1.Cl. The average molecular weight is 420 g/mol. The number of likely N-dealkylation sites (tertiary alicyclic amines) is 1. The summed E-state index contributed by atoms with van der Waals surface area (Å²) in [5.41, 5.74) is 0.700. The molecule has 0 unspecified atom stereocenters. The Bertz CT molecular complexity index is 830. The van der Waals surface area contributed by atoms with Gasteiger partial charge in [0.05, 0.1) is 13.2 Å². The molecule has 29 heavy (non-hydrogen) atoms. The van der Waals surface area contributed by atoms with Crippen molar-refractivity contribution in [3.8, 4) is 5.75 Å². The minimum Gasteiger partial charge on any atom is -0.493 e. The molecule has 0 radical (unpaired) electrons. The fourth-order valence-electron chi connectivity index (χ4n) is 3.92. The third-order valence-electron chi connectivity index (χ3n) is 5.46. The van der Waals surface area contributed by atoms with Crippen molar-refractivity contribution < 1.29 is 9.53 Å². The van der Waals surface area contributed by atoms with Crippen molar-refractivity contribution in [2.45, 2.75) is 45.7 Å². The van der Waals surface area contributed by atoms with Gasteiger partial charge in [-0.2, -0.15) is 0 Å². The van der Waals surface area contributed by atoms with Crippen LogP contribution in [0.3, 0.4) is 0 Å². The Hall–Kier alpha value is -2.12. The van der Waals surface area contributed by atoms with Crippen molar-refractivity contribution in [3.63, 3.8) is 0 Å². The summed E-state index contributed by atoms with van der Waals surface area (Å²) in [6.07, 6.45) is 1.86. The Morgan fingerprint density at radius 2 is 2.03 bits per heavy atom. The van der Waals surface area contributed by atoms with Gasteiger partial charge < -0.3 is 19.5 Å². The van der Waals surface area contributed by atoms with Gasteiger partial charge in [0, 0.05) is 37.7 Å². The molecule has 1 N–H and O–H groups in total. The van der Waals surface area contributed by atoms with Gasteiger partial charge in [-0.15, -0.1) is 22.6 Å². The molecule has 0 atom stereocenters. The van der Waals surface area contributed by atoms with Gasteiger partial charge in [0.2, 0.25) is 0 Å². The van der Waals surface area contributed by atoms with Gasteiger partial charge in [0.1, 0.15) is 17.4 Å². The van der Waals surface area contributed by atoms with Crippen molar-refractivity contribution in [3.05, 3.63) is 41.5 Å². The monoisotopic (exact) mass is 419 g/mol. The Morgan fingerprint density at radius 3 is 2.79 bits per heavy atom. The number of benzene rings is 1. The van der Waals surface area contributed by atoms with Crippen molar-refractivity contribution in [1.82, 2.24) is 25.0 Å². The maximum Gasteiger partial charge on any atom is 0.253 e. The number of nitrogens with zero attached hydrogens (tertiary/aromatic N) is 4. The van der Waals surface area contributed by atoms with Gasteiger partial charge in [0.25, 0.3) is 5.91 Å². The van der Waals surface area contributed by atoms with Crippen LogP contribution in [0, 0.1) is 5.92 Å². The maximum absolute atomic E-state index is 12.9. The van der Waals surface area contributed by atoms with Crippen LogP contribution in [-0.2, 0) is 13.1 Å². The number of hydrogen-bond donors (Lipinski definition) is 1. The Labute approximate surface area is 178 Å². The van der Waals surface area contributed by atoms with Crippen molar-refractivity contribution in [2.24, 2.45) is 5.92 Å². The standard InChI is InChI=1S/C21H29N5O2.ClH/c1-15(2)14-28-18-5-3-4-17(12-18)21(27)25-9-6-16(7-10-25)20-24-23-19-13-22-8-11-26(19)20;/h3-5,12,15-16,22H,6-11,13-14H2,1-2H3;1H. The van der Waals surface area contributed by atoms with Crippen LogP contribution in [0.5, 0.6) is 5.75 Å². The predicted octanol–water partition coefficient (Wildman–Crippen LogP) is 2.86. The molecule has 7 nitrogen and oxygen atoms in total. The zero-order valence-electron chi connectivity index (χ0n) is 17.1. The summed E-state index contributed by atoms with van der Waals surface area (Å²) in [7, 11) is 0. The summed E-state index contributed by atoms with van der Waals surface area (Å²) < 4.78 is 8.03. The number of amides is 1. The number of nitrogens with one attached hydrogen (secondary N) is 1. The highest BCUT2D eigenvalue weighted by Gasteiger charge is 2.29. The number of hydrogen-bond acceptors (Lipinski definition) is 5. The molecule has 1 fully saturated rings. The second-order valence-electron chi connectivity index (χ2n) is 8.10. The summed E-state index contributed by atoms with van der Waals surface area (Å²) in [6.45, 7) is 9.07. The quantitative estimate of drug-likeness (QED) is 0.806. The molecule has 0 saturated carbocycles. The lowest BCUT2D eigenvalue weighted by molar-refractivity contribution is 0.0709. The molecule has 2 aliphatic rings. The Morgan fingerprint density at radius 1 is 1.24 bits per heavy atom. The molecular formula is C21H30ClN5O2. The van der Waals surface area contributed by atoms with E-state index in [2.05, 4.69) is 33.9 Å². The molecule has 1 aromatic heterocycles. The van der Waals surface area contributed by atoms with Crippen LogP contribution in [0.25, 0.3) is 0 Å². The lowest BCUT2D eigenvalue weighted by Gasteiger charge is -2.32. The largest absolute Gasteiger partial charge is 0.493 e. The first kappa shape index (κ1) is 21.6. The molecule has 2 aliphatic heterocycles. The van der Waals surface area contributed by atoms with E-state index < -0.39 is 0 Å². The molecule has 2 aromatic rings. The Balaban J connectivity index is 0.00000240. The highest BCUT2D eigenvalue weighted by molar-refractivity contribution is 5.94. The molecule has 1 saturated heterocycles. The van der Waals surface area contributed by atoms with E-state index in [9.17, 15) is 4.79 Å². The molecule has 0 bridgehead atoms. The molecule has 1 aromatic carbocycles. The van der Waals surface area contributed by atoms with E-state index in [0.717, 1.165) is 63.0 Å². The van der Waals surface area contributed by atoms with Gasteiger partial charge in [-0.3, -0.25) is 4.79 Å². The topological polar surface area (TPSA) is 72.3 Å². The second-order valence-corrected chi connectivity index (χ2v) is 8.10. The van der Waals surface area contributed by atoms with Crippen LogP contribution in [0.2, 0.25) is 0 Å². The van der Waals surface area contributed by atoms with Crippen molar-refractivity contribution >= 4 is 18.3 Å². The summed E-state index contributed by atoms with van der Waals surface area (Å²) in [5, 5.41) is 12.1. The smallest absolute Gasteiger partial charge is 0.253 e. The normalized spacial score (nSPS) is 17.0. The van der Waals surface area contributed by atoms with Crippen LogP contribution in [-0.4, -0.2) is 51.8 Å². The number of rotatable bonds is 5. The van der Waals surface area contributed by atoms with E-state index in [0.29, 0.717) is 24.0 Å². The number of aromatic nitrogens is 3. The van der Waals surface area contributed by atoms with Crippen LogP contribution in [0.4, 0.5) is 0 Å². The van der Waals surface area contributed by atoms with Crippen molar-refractivity contribution in [1.29, 1.82) is 0 Å². The third kappa shape index (κ3) is 4.90. The molecule has 3 heterocycles. The van der Waals surface area contributed by atoms with E-state index in [1.54, 1.807) is 0 Å². The molecule has 1 amide bonds. The van der Waals surface area contributed by atoms with E-state index in [4.69, 9.17) is 4.74 Å². The van der Waals surface area contributed by atoms with Crippen molar-refractivity contribution in [2.75, 3.05) is 26.2 Å². The van der Waals surface area contributed by atoms with E-state index in [1.165, 1.54) is 0 Å². The van der Waals surface area contributed by atoms with Crippen LogP contribution < -0.4 is 10.1 Å². The molecular weight excluding hydrogens is 390 g/mol. The van der Waals surface area contributed by atoms with Gasteiger partial charge in [-0.05, 0) is 37.0 Å². The first-order chi connectivity index (χ1) is 13.6. The number of carbonyl (C=O) groups excluding carboxylic acids is 1. The maximum atomic E-state index is 12.9. The van der Waals surface area contributed by atoms with Crippen LogP contribution in [0.1, 0.15) is 54.6 Å². The van der Waals surface area contributed by atoms with Crippen LogP contribution >= 0.6 is 12.4 Å². The van der Waals surface area contributed by atoms with E-state index >= 15 is 0 Å². The lowest BCUT2D eigenvalue weighted by atomic mass is 9.95. The summed E-state index contributed by atoms with van der Waals surface area (Å²) >= 11 is 0. The molecule has 0 aliphatic carbocycles. The van der Waals surface area contributed by atoms with Gasteiger partial charge in [0.15, 0.2) is 0 Å². The number of carbonyl (C=O) groups is 1. The van der Waals surface area contributed by atoms with E-state index in [1.807, 2.05) is 29.2 Å². The molecule has 158 valence electrons. The van der Waals surface area contributed by atoms with Gasteiger partial charge >= 0.3 is 0 Å². The average Bonchev–Trinajstić information content (AvgIpc) is 3.16. The number of halogens is 1. The predicted molar refractivity (Wildman–Crippen MR) is 114 cm³/mol. The first-order valence-corrected chi connectivity index (χ1v) is 10.3. The third-order valence-corrected chi connectivity index (χ3v) is 5.46. The lowest BCUT2D eigenvalue weighted by Crippen LogP contribution is -2.39. The highest BCUT2D eigenvalue weighted by atomic mass is 35.5. The number of ether oxygens (including phenoxy) is 1. The number of piperidine rings is 1. The zero-order valence-corrected chi connectivity index (χ0v) is 18.0. The summed E-state index contributed by atoms with van der Waals surface area (Å²) in [5.74, 6) is 3.80. The van der Waals surface area contributed by atoms with Gasteiger partial charge in [-0.1, -0.05) is 19.9 Å². The summed E-state index contributed by atoms with van der Waals surface area (Å²) in [4.78, 5) is 14.9. The van der Waals surface area contributed by atoms with Crippen LogP contribution in [0.15, 0.2) is 24.3 Å². The number of fused-ring (bicyclic) bond motifs is 1. The minimum atomic E-state index is 0. The summed E-state index contributed by atoms with van der Waals surface area (Å²) in [6, 6.07) is 7.54. The molecule has 8 heteroatoms. The zero-order chi connectivity index (χ0) is 19.5. The molecule has 4 rings (SSSR count). The minimum absolute atomic E-state index is 0. The van der Waals surface area contributed by atoms with Gasteiger partial charge in [-0.25, -0.2) is 0 Å².